The Morgan fingerprint density at radius 1 is 0.769 bits per heavy atom. The normalized spacial score (nSPS) is 14.9. The van der Waals surface area contributed by atoms with Crippen LogP contribution in [0.25, 0.3) is 0 Å². The third-order valence-corrected chi connectivity index (χ3v) is 7.60. The first-order valence-corrected chi connectivity index (χ1v) is 12.4. The SMILES string of the molecule is CCCCCCCCP(O)(O)(O)c1ccc(C(C)(C)C)cc1C(C)(C)C. The fraction of sp³-hybridized carbons (Fsp3) is 0.727. The average molecular weight is 385 g/mol. The zero-order valence-electron chi connectivity index (χ0n) is 18.0. The van der Waals surface area contributed by atoms with Crippen LogP contribution in [-0.2, 0) is 10.8 Å². The molecule has 26 heavy (non-hydrogen) atoms. The van der Waals surface area contributed by atoms with Crippen LogP contribution < -0.4 is 5.30 Å². The Hall–Kier alpha value is -0.470. The summed E-state index contributed by atoms with van der Waals surface area (Å²) in [4.78, 5) is 32.8. The standard InChI is InChI=1S/C22H41O3P/c1-8-9-10-11-12-13-16-26(23,24,25)20-15-14-18(21(2,3)4)17-19(20)22(5,6)7/h14-15,17,23-25H,8-13,16H2,1-7H3. The van der Waals surface area contributed by atoms with E-state index >= 15 is 0 Å². The Morgan fingerprint density at radius 2 is 1.31 bits per heavy atom. The van der Waals surface area contributed by atoms with Crippen molar-refractivity contribution in [1.29, 1.82) is 0 Å². The number of rotatable bonds is 8. The Labute approximate surface area is 161 Å². The Morgan fingerprint density at radius 3 is 1.81 bits per heavy atom. The van der Waals surface area contributed by atoms with Gasteiger partial charge in [-0.05, 0) is 0 Å². The topological polar surface area (TPSA) is 60.7 Å². The molecule has 0 bridgehead atoms. The van der Waals surface area contributed by atoms with Crippen LogP contribution in [0.15, 0.2) is 18.2 Å². The van der Waals surface area contributed by atoms with Gasteiger partial charge in [0.2, 0.25) is 0 Å². The van der Waals surface area contributed by atoms with E-state index in [0.717, 1.165) is 24.0 Å². The van der Waals surface area contributed by atoms with Crippen molar-refractivity contribution in [3.8, 4) is 0 Å². The number of hydrogen-bond acceptors (Lipinski definition) is 3. The predicted molar refractivity (Wildman–Crippen MR) is 115 cm³/mol. The second-order valence-electron chi connectivity index (χ2n) is 9.87. The molecule has 0 heterocycles. The molecular weight excluding hydrogens is 343 g/mol. The van der Waals surface area contributed by atoms with Gasteiger partial charge in [-0.3, -0.25) is 0 Å². The minimum absolute atomic E-state index is 0.0331. The van der Waals surface area contributed by atoms with Gasteiger partial charge in [-0.15, -0.1) is 0 Å². The molecule has 0 saturated heterocycles. The van der Waals surface area contributed by atoms with E-state index in [0.29, 0.717) is 11.7 Å². The molecule has 4 heteroatoms. The monoisotopic (exact) mass is 384 g/mol. The molecule has 3 N–H and O–H groups in total. The molecule has 0 atom stereocenters. The van der Waals surface area contributed by atoms with E-state index in [1.807, 2.05) is 12.1 Å². The molecular formula is C22H41O3P. The molecule has 0 unspecified atom stereocenters. The van der Waals surface area contributed by atoms with Gasteiger partial charge in [-0.1, -0.05) is 0 Å². The summed E-state index contributed by atoms with van der Waals surface area (Å²) in [5, 5.41) is 0.338. The van der Waals surface area contributed by atoms with Crippen LogP contribution in [0.2, 0.25) is 0 Å². The van der Waals surface area contributed by atoms with Gasteiger partial charge < -0.3 is 0 Å². The molecule has 0 fully saturated rings. The maximum absolute atomic E-state index is 10.9. The Balaban J connectivity index is 3.13. The molecule has 0 aliphatic carbocycles. The molecule has 152 valence electrons. The van der Waals surface area contributed by atoms with Gasteiger partial charge >= 0.3 is 161 Å². The molecule has 1 aromatic carbocycles. The fourth-order valence-corrected chi connectivity index (χ4v) is 5.63. The summed E-state index contributed by atoms with van der Waals surface area (Å²) in [5.74, 6) is 0. The minimum atomic E-state index is -4.87. The predicted octanol–water partition coefficient (Wildman–Crippen LogP) is 5.54. The first kappa shape index (κ1) is 23.6. The second kappa shape index (κ2) is 8.27. The van der Waals surface area contributed by atoms with E-state index in [2.05, 4.69) is 48.5 Å². The van der Waals surface area contributed by atoms with Crippen molar-refractivity contribution < 1.29 is 14.7 Å². The van der Waals surface area contributed by atoms with Crippen LogP contribution >= 0.6 is 7.28 Å². The molecule has 3 nitrogen and oxygen atoms in total. The van der Waals surface area contributed by atoms with E-state index in [-0.39, 0.29) is 17.0 Å². The summed E-state index contributed by atoms with van der Waals surface area (Å²) in [7, 11) is -4.87. The molecule has 0 aliphatic rings. The first-order chi connectivity index (χ1) is 11.7. The molecule has 1 aromatic rings. The average Bonchev–Trinajstić information content (AvgIpc) is 2.48. The third kappa shape index (κ3) is 6.60. The third-order valence-electron chi connectivity index (χ3n) is 5.09. The summed E-state index contributed by atoms with van der Waals surface area (Å²) >= 11 is 0. The van der Waals surface area contributed by atoms with Crippen LogP contribution in [0.5, 0.6) is 0 Å². The summed E-state index contributed by atoms with van der Waals surface area (Å²) in [6.45, 7) is 14.8. The summed E-state index contributed by atoms with van der Waals surface area (Å²) in [6.07, 6.45) is 6.26. The van der Waals surface area contributed by atoms with Gasteiger partial charge in [-0.25, -0.2) is 0 Å². The van der Waals surface area contributed by atoms with Crippen molar-refractivity contribution in [1.82, 2.24) is 0 Å². The summed E-state index contributed by atoms with van der Waals surface area (Å²) in [5.41, 5.74) is 1.66. The van der Waals surface area contributed by atoms with Crippen molar-refractivity contribution in [3.05, 3.63) is 29.3 Å². The Kier molecular flexibility index (Phi) is 7.49. The number of unbranched alkanes of at least 4 members (excludes halogenated alkanes) is 5. The van der Waals surface area contributed by atoms with Gasteiger partial charge in [0.25, 0.3) is 0 Å². The van der Waals surface area contributed by atoms with Crippen LogP contribution in [0, 0.1) is 0 Å². The molecule has 0 saturated carbocycles. The van der Waals surface area contributed by atoms with Gasteiger partial charge in [0.1, 0.15) is 0 Å². The molecule has 0 amide bonds. The van der Waals surface area contributed by atoms with Crippen LogP contribution in [0.3, 0.4) is 0 Å². The van der Waals surface area contributed by atoms with Crippen LogP contribution in [0.1, 0.15) is 98.1 Å². The van der Waals surface area contributed by atoms with Crippen LogP contribution in [0.4, 0.5) is 0 Å². The van der Waals surface area contributed by atoms with Crippen LogP contribution in [-0.4, -0.2) is 20.8 Å². The van der Waals surface area contributed by atoms with E-state index in [1.165, 1.54) is 19.3 Å². The molecule has 0 aromatic heterocycles. The summed E-state index contributed by atoms with van der Waals surface area (Å²) in [6, 6.07) is 5.71. The van der Waals surface area contributed by atoms with E-state index < -0.39 is 7.28 Å². The molecule has 0 aliphatic heterocycles. The van der Waals surface area contributed by atoms with Crippen molar-refractivity contribution in [2.75, 3.05) is 6.16 Å². The number of hydrogen-bond donors (Lipinski definition) is 3. The van der Waals surface area contributed by atoms with Crippen molar-refractivity contribution >= 4 is 12.6 Å². The van der Waals surface area contributed by atoms with Crippen molar-refractivity contribution in [2.24, 2.45) is 0 Å². The van der Waals surface area contributed by atoms with Gasteiger partial charge in [-0.2, -0.15) is 0 Å². The van der Waals surface area contributed by atoms with Gasteiger partial charge in [0.05, 0.1) is 0 Å². The van der Waals surface area contributed by atoms with Crippen molar-refractivity contribution in [3.63, 3.8) is 0 Å². The quantitative estimate of drug-likeness (QED) is 0.407. The Bertz CT molecular complexity index is 586. The fourth-order valence-electron chi connectivity index (χ4n) is 3.31. The second-order valence-corrected chi connectivity index (χ2v) is 13.1. The summed E-state index contributed by atoms with van der Waals surface area (Å²) < 4.78 is 0. The molecule has 1 rings (SSSR count). The molecule has 0 radical (unpaired) electrons. The van der Waals surface area contributed by atoms with Gasteiger partial charge in [0.15, 0.2) is 0 Å². The maximum atomic E-state index is 10.9. The number of benzene rings is 1. The first-order valence-electron chi connectivity index (χ1n) is 10.1. The van der Waals surface area contributed by atoms with E-state index in [1.54, 1.807) is 6.07 Å². The van der Waals surface area contributed by atoms with Gasteiger partial charge in [0, 0.05) is 0 Å². The molecule has 0 spiro atoms. The van der Waals surface area contributed by atoms with E-state index in [4.69, 9.17) is 0 Å². The zero-order valence-corrected chi connectivity index (χ0v) is 18.9. The van der Waals surface area contributed by atoms with E-state index in [9.17, 15) is 14.7 Å². The zero-order chi connectivity index (χ0) is 20.3. The van der Waals surface area contributed by atoms with Crippen molar-refractivity contribution in [2.45, 2.75) is 97.8 Å².